The van der Waals surface area contributed by atoms with Crippen LogP contribution in [0.2, 0.25) is 0 Å². The predicted octanol–water partition coefficient (Wildman–Crippen LogP) is 5.10. The molecule has 0 spiro atoms. The number of ether oxygens (including phenoxy) is 1. The van der Waals surface area contributed by atoms with Crippen LogP contribution in [-0.2, 0) is 14.3 Å². The summed E-state index contributed by atoms with van der Waals surface area (Å²) >= 11 is 4.34. The standard InChI is InChI=1S/C27H45N3O4S/c1-8-10-12-14-30(25(32)22(18-35)29-26(33)34-27(5,6)7)23(24(31)28-13-11-9-2)21-16-19(3)15-20(4)17-21/h15-17,22-23,35H,8-14,18H2,1-7H3,(H,28,31)(H,29,33). The van der Waals surface area contributed by atoms with Crippen molar-refractivity contribution in [2.24, 2.45) is 0 Å². The first kappa shape index (κ1) is 30.8. The van der Waals surface area contributed by atoms with Gasteiger partial charge in [0.1, 0.15) is 17.7 Å². The summed E-state index contributed by atoms with van der Waals surface area (Å²) < 4.78 is 5.35. The Morgan fingerprint density at radius 1 is 1.00 bits per heavy atom. The van der Waals surface area contributed by atoms with E-state index in [1.165, 1.54) is 0 Å². The molecule has 2 atom stereocenters. The van der Waals surface area contributed by atoms with E-state index in [0.29, 0.717) is 13.1 Å². The molecule has 0 bridgehead atoms. The van der Waals surface area contributed by atoms with Crippen molar-refractivity contribution in [3.05, 3.63) is 34.9 Å². The summed E-state index contributed by atoms with van der Waals surface area (Å²) in [5.41, 5.74) is 2.10. The zero-order valence-electron chi connectivity index (χ0n) is 22.6. The number of nitrogens with zero attached hydrogens (tertiary/aromatic N) is 1. The molecule has 0 radical (unpaired) electrons. The van der Waals surface area contributed by atoms with Crippen LogP contribution in [0.3, 0.4) is 0 Å². The highest BCUT2D eigenvalue weighted by atomic mass is 32.1. The van der Waals surface area contributed by atoms with Crippen LogP contribution in [0, 0.1) is 13.8 Å². The van der Waals surface area contributed by atoms with Crippen molar-refractivity contribution in [2.75, 3.05) is 18.8 Å². The Morgan fingerprint density at radius 3 is 2.11 bits per heavy atom. The predicted molar refractivity (Wildman–Crippen MR) is 145 cm³/mol. The highest BCUT2D eigenvalue weighted by Crippen LogP contribution is 2.26. The van der Waals surface area contributed by atoms with Crippen molar-refractivity contribution in [1.82, 2.24) is 15.5 Å². The van der Waals surface area contributed by atoms with Crippen LogP contribution in [-0.4, -0.2) is 53.3 Å². The van der Waals surface area contributed by atoms with Crippen molar-refractivity contribution < 1.29 is 19.1 Å². The first-order chi connectivity index (χ1) is 16.4. The summed E-state index contributed by atoms with van der Waals surface area (Å²) in [6.45, 7) is 14.3. The molecule has 0 saturated heterocycles. The average Bonchev–Trinajstić information content (AvgIpc) is 2.74. The number of carbonyl (C=O) groups excluding carboxylic acids is 3. The number of rotatable bonds is 13. The summed E-state index contributed by atoms with van der Waals surface area (Å²) in [7, 11) is 0. The van der Waals surface area contributed by atoms with E-state index in [1.807, 2.05) is 32.0 Å². The average molecular weight is 508 g/mol. The molecule has 0 saturated carbocycles. The van der Waals surface area contributed by atoms with Gasteiger partial charge in [-0.25, -0.2) is 4.79 Å². The minimum atomic E-state index is -0.924. The van der Waals surface area contributed by atoms with E-state index in [-0.39, 0.29) is 17.6 Å². The highest BCUT2D eigenvalue weighted by molar-refractivity contribution is 7.80. The number of hydrogen-bond donors (Lipinski definition) is 3. The number of carbonyl (C=O) groups is 3. The fourth-order valence-electron chi connectivity index (χ4n) is 3.86. The second-order valence-corrected chi connectivity index (χ2v) is 10.5. The minimum Gasteiger partial charge on any atom is -0.444 e. The number of nitrogens with one attached hydrogen (secondary N) is 2. The molecule has 0 heterocycles. The van der Waals surface area contributed by atoms with Crippen molar-refractivity contribution >= 4 is 30.5 Å². The van der Waals surface area contributed by atoms with E-state index in [4.69, 9.17) is 4.74 Å². The van der Waals surface area contributed by atoms with Crippen LogP contribution < -0.4 is 10.6 Å². The fourth-order valence-corrected chi connectivity index (χ4v) is 4.11. The first-order valence-corrected chi connectivity index (χ1v) is 13.3. The number of aryl methyl sites for hydroxylation is 2. The molecule has 2 unspecified atom stereocenters. The van der Waals surface area contributed by atoms with E-state index in [2.05, 4.69) is 37.1 Å². The van der Waals surface area contributed by atoms with Gasteiger partial charge in [-0.05, 0) is 53.0 Å². The van der Waals surface area contributed by atoms with Crippen molar-refractivity contribution in [2.45, 2.75) is 98.3 Å². The monoisotopic (exact) mass is 507 g/mol. The van der Waals surface area contributed by atoms with E-state index in [0.717, 1.165) is 48.8 Å². The molecule has 198 valence electrons. The van der Waals surface area contributed by atoms with Gasteiger partial charge in [0.2, 0.25) is 11.8 Å². The van der Waals surface area contributed by atoms with Crippen molar-refractivity contribution in [3.8, 4) is 0 Å². The quantitative estimate of drug-likeness (QED) is 0.256. The summed E-state index contributed by atoms with van der Waals surface area (Å²) in [5, 5.41) is 5.67. The van der Waals surface area contributed by atoms with E-state index < -0.39 is 23.8 Å². The zero-order chi connectivity index (χ0) is 26.6. The third kappa shape index (κ3) is 10.9. The zero-order valence-corrected chi connectivity index (χ0v) is 23.5. The van der Waals surface area contributed by atoms with Gasteiger partial charge >= 0.3 is 6.09 Å². The van der Waals surface area contributed by atoms with Crippen LogP contribution in [0.4, 0.5) is 4.79 Å². The topological polar surface area (TPSA) is 87.7 Å². The number of unbranched alkanes of at least 4 members (excludes halogenated alkanes) is 3. The smallest absolute Gasteiger partial charge is 0.408 e. The SMILES string of the molecule is CCCCCN(C(=O)C(CS)NC(=O)OC(C)(C)C)C(C(=O)NCCCC)c1cc(C)cc(C)c1. The molecule has 8 heteroatoms. The molecule has 35 heavy (non-hydrogen) atoms. The molecule has 2 N–H and O–H groups in total. The van der Waals surface area contributed by atoms with Gasteiger partial charge in [0, 0.05) is 18.8 Å². The van der Waals surface area contributed by atoms with Gasteiger partial charge in [-0.3, -0.25) is 9.59 Å². The van der Waals surface area contributed by atoms with Gasteiger partial charge in [0.25, 0.3) is 0 Å². The molecule has 0 fully saturated rings. The maximum Gasteiger partial charge on any atom is 0.408 e. The normalized spacial score (nSPS) is 13.0. The highest BCUT2D eigenvalue weighted by Gasteiger charge is 2.35. The van der Waals surface area contributed by atoms with Crippen LogP contribution in [0.5, 0.6) is 0 Å². The molecular weight excluding hydrogens is 462 g/mol. The number of alkyl carbamates (subject to hydrolysis) is 1. The minimum absolute atomic E-state index is 0.0827. The second kappa shape index (κ2) is 15.0. The number of hydrogen-bond acceptors (Lipinski definition) is 5. The van der Waals surface area contributed by atoms with Gasteiger partial charge in [-0.15, -0.1) is 0 Å². The molecule has 3 amide bonds. The number of amides is 3. The van der Waals surface area contributed by atoms with Crippen molar-refractivity contribution in [3.63, 3.8) is 0 Å². The van der Waals surface area contributed by atoms with E-state index >= 15 is 0 Å². The molecule has 0 aliphatic heterocycles. The Bertz CT molecular complexity index is 818. The molecule has 7 nitrogen and oxygen atoms in total. The summed E-state index contributed by atoms with van der Waals surface area (Å²) in [6, 6.07) is 4.21. The Hall–Kier alpha value is -2.22. The number of thiol groups is 1. The van der Waals surface area contributed by atoms with Crippen LogP contribution in [0.1, 0.15) is 89.5 Å². The molecule has 0 aliphatic rings. The molecular formula is C27H45N3O4S. The Morgan fingerprint density at radius 2 is 1.60 bits per heavy atom. The summed E-state index contributed by atoms with van der Waals surface area (Å²) in [5.74, 6) is -0.487. The number of benzene rings is 1. The van der Waals surface area contributed by atoms with Gasteiger partial charge in [-0.1, -0.05) is 62.4 Å². The maximum absolute atomic E-state index is 13.8. The Labute approximate surface area is 217 Å². The lowest BCUT2D eigenvalue weighted by atomic mass is 9.98. The van der Waals surface area contributed by atoms with Crippen LogP contribution >= 0.6 is 12.6 Å². The van der Waals surface area contributed by atoms with Gasteiger partial charge in [-0.2, -0.15) is 12.6 Å². The second-order valence-electron chi connectivity index (χ2n) is 10.1. The molecule has 0 aromatic heterocycles. The van der Waals surface area contributed by atoms with Crippen LogP contribution in [0.25, 0.3) is 0 Å². The first-order valence-electron chi connectivity index (χ1n) is 12.7. The fraction of sp³-hybridized carbons (Fsp3) is 0.667. The van der Waals surface area contributed by atoms with Gasteiger partial charge in [0.05, 0.1) is 0 Å². The maximum atomic E-state index is 13.8. The van der Waals surface area contributed by atoms with Crippen molar-refractivity contribution in [1.29, 1.82) is 0 Å². The Kier molecular flexibility index (Phi) is 13.2. The van der Waals surface area contributed by atoms with Gasteiger partial charge < -0.3 is 20.3 Å². The van der Waals surface area contributed by atoms with E-state index in [9.17, 15) is 14.4 Å². The Balaban J connectivity index is 3.40. The van der Waals surface area contributed by atoms with Crippen LogP contribution in [0.15, 0.2) is 18.2 Å². The van der Waals surface area contributed by atoms with E-state index in [1.54, 1.807) is 25.7 Å². The lowest BCUT2D eigenvalue weighted by Gasteiger charge is -2.34. The lowest BCUT2D eigenvalue weighted by molar-refractivity contribution is -0.142. The molecule has 0 aliphatic carbocycles. The molecule has 1 rings (SSSR count). The lowest BCUT2D eigenvalue weighted by Crippen LogP contribution is -2.54. The largest absolute Gasteiger partial charge is 0.444 e. The summed E-state index contributed by atoms with van der Waals surface area (Å²) in [4.78, 5) is 41.4. The molecule has 1 aromatic rings. The summed E-state index contributed by atoms with van der Waals surface area (Å²) in [6.07, 6.45) is 3.77. The third-order valence-electron chi connectivity index (χ3n) is 5.41. The van der Waals surface area contributed by atoms with Gasteiger partial charge in [0.15, 0.2) is 0 Å². The molecule has 1 aromatic carbocycles. The third-order valence-corrected chi connectivity index (χ3v) is 5.77.